The molecule has 0 atom stereocenters. The molecule has 0 radical (unpaired) electrons. The van der Waals surface area contributed by atoms with Crippen LogP contribution in [-0.2, 0) is 20.9 Å². The molecule has 0 spiro atoms. The molecule has 1 saturated heterocycles. The van der Waals surface area contributed by atoms with Gasteiger partial charge in [-0.05, 0) is 37.3 Å². The first-order valence-electron chi connectivity index (χ1n) is 9.45. The molecule has 162 valence electrons. The fourth-order valence-electron chi connectivity index (χ4n) is 2.80. The van der Waals surface area contributed by atoms with E-state index in [1.54, 1.807) is 13.0 Å². The highest BCUT2D eigenvalue weighted by molar-refractivity contribution is 9.10. The Morgan fingerprint density at radius 2 is 2.06 bits per heavy atom. The maximum atomic E-state index is 12.8. The molecule has 0 aromatic heterocycles. The number of nitrogens with zero attached hydrogens (tertiary/aromatic N) is 1. The molecule has 3 rings (SSSR count). The SMILES string of the molecule is CCOC(=O)CCN1C(=O)/C(=C\c2cc(Br)ccc2OCc2ccccc2Cl)SC1=S. The second kappa shape index (κ2) is 11.1. The number of carbonyl (C=O) groups excluding carboxylic acids is 2. The molecule has 5 nitrogen and oxygen atoms in total. The number of esters is 1. The van der Waals surface area contributed by atoms with Gasteiger partial charge in [-0.2, -0.15) is 0 Å². The van der Waals surface area contributed by atoms with Gasteiger partial charge in [-0.25, -0.2) is 0 Å². The normalized spacial score (nSPS) is 14.9. The minimum absolute atomic E-state index is 0.0939. The number of halogens is 2. The summed E-state index contributed by atoms with van der Waals surface area (Å²) < 4.78 is 12.2. The predicted molar refractivity (Wildman–Crippen MR) is 131 cm³/mol. The average molecular weight is 541 g/mol. The van der Waals surface area contributed by atoms with E-state index in [0.717, 1.165) is 15.6 Å². The van der Waals surface area contributed by atoms with Gasteiger partial charge < -0.3 is 9.47 Å². The van der Waals surface area contributed by atoms with Crippen LogP contribution in [0.1, 0.15) is 24.5 Å². The van der Waals surface area contributed by atoms with Crippen molar-refractivity contribution in [3.63, 3.8) is 0 Å². The van der Waals surface area contributed by atoms with Gasteiger partial charge in [-0.3, -0.25) is 14.5 Å². The highest BCUT2D eigenvalue weighted by Crippen LogP contribution is 2.35. The molecule has 1 aliphatic heterocycles. The second-order valence-corrected chi connectivity index (χ2v) is 9.45. The van der Waals surface area contributed by atoms with Crippen LogP contribution in [0.25, 0.3) is 6.08 Å². The van der Waals surface area contributed by atoms with Crippen molar-refractivity contribution < 1.29 is 19.1 Å². The van der Waals surface area contributed by atoms with E-state index >= 15 is 0 Å². The summed E-state index contributed by atoms with van der Waals surface area (Å²) in [5.74, 6) is 0.0130. The Labute approximate surface area is 203 Å². The number of ether oxygens (including phenoxy) is 2. The molecular formula is C22H19BrClNO4S2. The lowest BCUT2D eigenvalue weighted by Gasteiger charge is -2.13. The molecule has 1 amide bonds. The third-order valence-electron chi connectivity index (χ3n) is 4.32. The van der Waals surface area contributed by atoms with Gasteiger partial charge in [-0.15, -0.1) is 0 Å². The minimum atomic E-state index is -0.359. The quantitative estimate of drug-likeness (QED) is 0.238. The van der Waals surface area contributed by atoms with Crippen molar-refractivity contribution in [2.75, 3.05) is 13.2 Å². The first-order valence-corrected chi connectivity index (χ1v) is 11.9. The van der Waals surface area contributed by atoms with Gasteiger partial charge in [0.15, 0.2) is 0 Å². The van der Waals surface area contributed by atoms with E-state index in [4.69, 9.17) is 33.3 Å². The van der Waals surface area contributed by atoms with Crippen LogP contribution in [0, 0.1) is 0 Å². The number of amides is 1. The highest BCUT2D eigenvalue weighted by atomic mass is 79.9. The number of hydrogen-bond donors (Lipinski definition) is 0. The van der Waals surface area contributed by atoms with Crippen molar-refractivity contribution in [3.8, 4) is 5.75 Å². The third kappa shape index (κ3) is 6.32. The number of carbonyl (C=O) groups is 2. The third-order valence-corrected chi connectivity index (χ3v) is 6.56. The second-order valence-electron chi connectivity index (χ2n) is 6.45. The van der Waals surface area contributed by atoms with Crippen molar-refractivity contribution >= 4 is 73.8 Å². The van der Waals surface area contributed by atoms with Gasteiger partial charge in [-0.1, -0.05) is 69.7 Å². The van der Waals surface area contributed by atoms with E-state index in [1.165, 1.54) is 16.7 Å². The largest absolute Gasteiger partial charge is 0.488 e. The Morgan fingerprint density at radius 1 is 1.29 bits per heavy atom. The highest BCUT2D eigenvalue weighted by Gasteiger charge is 2.32. The summed E-state index contributed by atoms with van der Waals surface area (Å²) in [6, 6.07) is 13.0. The van der Waals surface area contributed by atoms with Gasteiger partial charge >= 0.3 is 5.97 Å². The monoisotopic (exact) mass is 539 g/mol. The molecule has 0 N–H and O–H groups in total. The Balaban J connectivity index is 1.77. The van der Waals surface area contributed by atoms with Crippen molar-refractivity contribution in [2.45, 2.75) is 20.0 Å². The standard InChI is InChI=1S/C22H19BrClNO4S2/c1-2-28-20(26)9-10-25-21(27)19(31-22(25)30)12-15-11-16(23)7-8-18(15)29-13-14-5-3-4-6-17(14)24/h3-8,11-12H,2,9-10,13H2,1H3/b19-12+. The summed E-state index contributed by atoms with van der Waals surface area (Å²) in [6.45, 7) is 2.53. The van der Waals surface area contributed by atoms with Crippen LogP contribution in [0.15, 0.2) is 51.8 Å². The van der Waals surface area contributed by atoms with Crippen molar-refractivity contribution in [2.24, 2.45) is 0 Å². The van der Waals surface area contributed by atoms with Crippen LogP contribution in [0.5, 0.6) is 5.75 Å². The van der Waals surface area contributed by atoms with E-state index < -0.39 is 0 Å². The van der Waals surface area contributed by atoms with E-state index in [2.05, 4.69) is 15.9 Å². The Kier molecular flexibility index (Phi) is 8.54. The van der Waals surface area contributed by atoms with Crippen molar-refractivity contribution in [1.82, 2.24) is 4.90 Å². The van der Waals surface area contributed by atoms with E-state index in [1.807, 2.05) is 42.5 Å². The number of benzene rings is 2. The molecule has 0 saturated carbocycles. The maximum Gasteiger partial charge on any atom is 0.307 e. The lowest BCUT2D eigenvalue weighted by molar-refractivity contribution is -0.143. The molecule has 0 bridgehead atoms. The Morgan fingerprint density at radius 3 is 2.81 bits per heavy atom. The topological polar surface area (TPSA) is 55.8 Å². The predicted octanol–water partition coefficient (Wildman–Crippen LogP) is 5.84. The van der Waals surface area contributed by atoms with E-state index in [9.17, 15) is 9.59 Å². The maximum absolute atomic E-state index is 12.8. The average Bonchev–Trinajstić information content (AvgIpc) is 3.00. The fraction of sp³-hybridized carbons (Fsp3) is 0.227. The summed E-state index contributed by atoms with van der Waals surface area (Å²) >= 11 is 16.2. The van der Waals surface area contributed by atoms with Gasteiger partial charge in [0.25, 0.3) is 5.91 Å². The summed E-state index contributed by atoms with van der Waals surface area (Å²) in [5.41, 5.74) is 1.59. The molecular weight excluding hydrogens is 522 g/mol. The molecule has 9 heteroatoms. The molecule has 0 unspecified atom stereocenters. The zero-order valence-corrected chi connectivity index (χ0v) is 20.6. The summed E-state index contributed by atoms with van der Waals surface area (Å²) in [5, 5.41) is 0.628. The van der Waals surface area contributed by atoms with Crippen LogP contribution in [-0.4, -0.2) is 34.2 Å². The summed E-state index contributed by atoms with van der Waals surface area (Å²) in [7, 11) is 0. The van der Waals surface area contributed by atoms with Crippen molar-refractivity contribution in [3.05, 3.63) is 68.0 Å². The molecule has 31 heavy (non-hydrogen) atoms. The Hall–Kier alpha value is -1.87. The van der Waals surface area contributed by atoms with Crippen LogP contribution >= 0.6 is 51.5 Å². The molecule has 2 aromatic carbocycles. The van der Waals surface area contributed by atoms with Gasteiger partial charge in [0, 0.05) is 27.2 Å². The minimum Gasteiger partial charge on any atom is -0.488 e. The van der Waals surface area contributed by atoms with Crippen LogP contribution in [0.3, 0.4) is 0 Å². The molecule has 1 aliphatic rings. The fourth-order valence-corrected chi connectivity index (χ4v) is 4.67. The number of thioether (sulfide) groups is 1. The molecule has 0 aliphatic carbocycles. The lowest BCUT2D eigenvalue weighted by atomic mass is 10.1. The zero-order valence-electron chi connectivity index (χ0n) is 16.6. The van der Waals surface area contributed by atoms with Gasteiger partial charge in [0.05, 0.1) is 17.9 Å². The summed E-state index contributed by atoms with van der Waals surface area (Å²) in [4.78, 5) is 26.4. The van der Waals surface area contributed by atoms with Crippen LogP contribution in [0.2, 0.25) is 5.02 Å². The van der Waals surface area contributed by atoms with Crippen LogP contribution < -0.4 is 4.74 Å². The van der Waals surface area contributed by atoms with Gasteiger partial charge in [0.2, 0.25) is 0 Å². The first-order chi connectivity index (χ1) is 14.9. The lowest BCUT2D eigenvalue weighted by Crippen LogP contribution is -2.30. The van der Waals surface area contributed by atoms with Gasteiger partial charge in [0.1, 0.15) is 16.7 Å². The number of rotatable bonds is 8. The smallest absolute Gasteiger partial charge is 0.307 e. The molecule has 1 heterocycles. The summed E-state index contributed by atoms with van der Waals surface area (Å²) in [6.07, 6.45) is 1.84. The van der Waals surface area contributed by atoms with E-state index in [0.29, 0.717) is 33.2 Å². The Bertz CT molecular complexity index is 1040. The first kappa shape index (κ1) is 23.8. The van der Waals surface area contributed by atoms with E-state index in [-0.39, 0.29) is 24.8 Å². The zero-order chi connectivity index (χ0) is 22.4. The number of thiocarbonyl (C=S) groups is 1. The molecule has 2 aromatic rings. The van der Waals surface area contributed by atoms with Crippen LogP contribution in [0.4, 0.5) is 0 Å². The molecule has 1 fully saturated rings. The van der Waals surface area contributed by atoms with Crippen molar-refractivity contribution in [1.29, 1.82) is 0 Å². The number of hydrogen-bond acceptors (Lipinski definition) is 6.